The molecule has 28 heavy (non-hydrogen) atoms. The van der Waals surface area contributed by atoms with Crippen LogP contribution in [0, 0.1) is 0 Å². The Kier molecular flexibility index (Phi) is 5.76. The van der Waals surface area contributed by atoms with Crippen LogP contribution in [0.25, 0.3) is 0 Å². The van der Waals surface area contributed by atoms with Gasteiger partial charge in [-0.15, -0.1) is 0 Å². The molecule has 1 heterocycles. The van der Waals surface area contributed by atoms with Crippen LogP contribution in [-0.2, 0) is 33.3 Å². The largest absolute Gasteiger partial charge is 0.416 e. The zero-order valence-corrected chi connectivity index (χ0v) is 15.7. The first-order chi connectivity index (χ1) is 13.1. The molecule has 1 aliphatic heterocycles. The topological polar surface area (TPSA) is 66.5 Å². The van der Waals surface area contributed by atoms with Crippen molar-refractivity contribution in [2.45, 2.75) is 31.3 Å². The molecule has 9 heteroatoms. The lowest BCUT2D eigenvalue weighted by Gasteiger charge is -2.16. The summed E-state index contributed by atoms with van der Waals surface area (Å²) in [6, 6.07) is 11.2. The predicted octanol–water partition coefficient (Wildman–Crippen LogP) is 3.45. The fourth-order valence-electron chi connectivity index (χ4n) is 3.06. The van der Waals surface area contributed by atoms with Gasteiger partial charge in [0.1, 0.15) is 0 Å². The normalized spacial score (nSPS) is 15.2. The first-order valence-electron chi connectivity index (χ1n) is 8.67. The number of nitrogens with one attached hydrogen (secondary N) is 1. The van der Waals surface area contributed by atoms with E-state index in [1.807, 2.05) is 0 Å². The Morgan fingerprint density at radius 1 is 1.04 bits per heavy atom. The average Bonchev–Trinajstić information content (AvgIpc) is 3.06. The van der Waals surface area contributed by atoms with Crippen LogP contribution in [0.15, 0.2) is 48.5 Å². The maximum Gasteiger partial charge on any atom is 0.416 e. The Bertz CT molecular complexity index is 974. The molecule has 0 atom stereocenters. The number of carbonyl (C=O) groups is 1. The summed E-state index contributed by atoms with van der Waals surface area (Å²) >= 11 is 0. The summed E-state index contributed by atoms with van der Waals surface area (Å²) in [5.74, 6) is -0.524. The van der Waals surface area contributed by atoms with Crippen LogP contribution in [0.1, 0.15) is 29.5 Å². The second-order valence-corrected chi connectivity index (χ2v) is 8.40. The van der Waals surface area contributed by atoms with E-state index >= 15 is 0 Å². The van der Waals surface area contributed by atoms with E-state index in [2.05, 4.69) is 4.72 Å². The van der Waals surface area contributed by atoms with Gasteiger partial charge in [0.25, 0.3) is 0 Å². The molecule has 1 aliphatic rings. The van der Waals surface area contributed by atoms with Crippen molar-refractivity contribution in [3.05, 3.63) is 65.2 Å². The van der Waals surface area contributed by atoms with E-state index in [0.717, 1.165) is 18.6 Å². The highest BCUT2D eigenvalue weighted by atomic mass is 32.2. The molecule has 0 unspecified atom stereocenters. The molecule has 1 fully saturated rings. The van der Waals surface area contributed by atoms with Crippen LogP contribution in [0.3, 0.4) is 0 Å². The highest BCUT2D eigenvalue weighted by Crippen LogP contribution is 2.30. The van der Waals surface area contributed by atoms with E-state index in [1.54, 1.807) is 29.2 Å². The molecule has 150 valence electrons. The molecule has 0 spiro atoms. The number of hydrogen-bond acceptors (Lipinski definition) is 3. The van der Waals surface area contributed by atoms with E-state index in [-0.39, 0.29) is 18.0 Å². The Morgan fingerprint density at radius 2 is 1.75 bits per heavy atom. The average molecular weight is 412 g/mol. The number of halogens is 3. The fraction of sp³-hybridized carbons (Fsp3) is 0.316. The van der Waals surface area contributed by atoms with E-state index < -0.39 is 27.5 Å². The van der Waals surface area contributed by atoms with Crippen LogP contribution in [0.4, 0.5) is 18.9 Å². The molecule has 5 nitrogen and oxygen atoms in total. The predicted molar refractivity (Wildman–Crippen MR) is 98.9 cm³/mol. The maximum atomic E-state index is 12.8. The lowest BCUT2D eigenvalue weighted by atomic mass is 10.1. The van der Waals surface area contributed by atoms with Crippen molar-refractivity contribution in [2.75, 3.05) is 11.4 Å². The molecular formula is C19H19F3N2O3S. The van der Waals surface area contributed by atoms with E-state index in [0.29, 0.717) is 24.2 Å². The Labute approximate surface area is 161 Å². The van der Waals surface area contributed by atoms with Crippen molar-refractivity contribution in [2.24, 2.45) is 0 Å². The zero-order valence-electron chi connectivity index (χ0n) is 14.9. The zero-order chi connectivity index (χ0) is 20.4. The molecule has 3 rings (SSSR count). The van der Waals surface area contributed by atoms with Gasteiger partial charge in [-0.05, 0) is 35.7 Å². The molecule has 0 saturated carbocycles. The number of alkyl halides is 3. The Balaban J connectivity index is 1.66. The molecule has 0 aromatic heterocycles. The highest BCUT2D eigenvalue weighted by Gasteiger charge is 2.30. The summed E-state index contributed by atoms with van der Waals surface area (Å²) in [5, 5.41) is 0. The van der Waals surface area contributed by atoms with Crippen LogP contribution in [0.5, 0.6) is 0 Å². The van der Waals surface area contributed by atoms with E-state index in [4.69, 9.17) is 0 Å². The third-order valence-corrected chi connectivity index (χ3v) is 5.70. The number of carbonyl (C=O) groups excluding carboxylic acids is 1. The summed E-state index contributed by atoms with van der Waals surface area (Å²) in [6.45, 7) is 0.612. The molecule has 0 aliphatic carbocycles. The number of nitrogens with zero attached hydrogens (tertiary/aromatic N) is 1. The minimum atomic E-state index is -4.53. The van der Waals surface area contributed by atoms with Gasteiger partial charge in [0, 0.05) is 25.2 Å². The summed E-state index contributed by atoms with van der Waals surface area (Å²) in [6.07, 6.45) is -3.25. The minimum Gasteiger partial charge on any atom is -0.312 e. The lowest BCUT2D eigenvalue weighted by Crippen LogP contribution is -2.26. The molecule has 0 bridgehead atoms. The number of sulfonamides is 1. The molecule has 2 aromatic carbocycles. The van der Waals surface area contributed by atoms with Crippen LogP contribution in [0.2, 0.25) is 0 Å². The lowest BCUT2D eigenvalue weighted by molar-refractivity contribution is -0.137. The molecule has 1 N–H and O–H groups in total. The van der Waals surface area contributed by atoms with Gasteiger partial charge in [0.2, 0.25) is 15.9 Å². The van der Waals surface area contributed by atoms with E-state index in [1.165, 1.54) is 12.1 Å². The first kappa shape index (κ1) is 20.3. The van der Waals surface area contributed by atoms with Crippen molar-refractivity contribution in [1.82, 2.24) is 4.72 Å². The van der Waals surface area contributed by atoms with Gasteiger partial charge in [-0.25, -0.2) is 13.1 Å². The van der Waals surface area contributed by atoms with Crippen LogP contribution >= 0.6 is 0 Å². The second-order valence-electron chi connectivity index (χ2n) is 6.60. The quantitative estimate of drug-likeness (QED) is 0.790. The van der Waals surface area contributed by atoms with Crippen LogP contribution in [-0.4, -0.2) is 20.9 Å². The van der Waals surface area contributed by atoms with Crippen molar-refractivity contribution in [1.29, 1.82) is 0 Å². The molecule has 0 radical (unpaired) electrons. The maximum absolute atomic E-state index is 12.8. The highest BCUT2D eigenvalue weighted by molar-refractivity contribution is 7.88. The summed E-state index contributed by atoms with van der Waals surface area (Å²) < 4.78 is 65.3. The van der Waals surface area contributed by atoms with Crippen LogP contribution < -0.4 is 9.62 Å². The molecule has 2 aromatic rings. The van der Waals surface area contributed by atoms with Gasteiger partial charge in [-0.3, -0.25) is 4.79 Å². The third kappa shape index (κ3) is 5.11. The van der Waals surface area contributed by atoms with Crippen molar-refractivity contribution < 1.29 is 26.4 Å². The standard InChI is InChI=1S/C19H19F3N2O3S/c20-19(21,22)16-6-1-5-15(10-16)13-28(26,27)23-12-14-4-2-7-17(11-14)24-9-3-8-18(24)25/h1-2,4-7,10-11,23H,3,8-9,12-13H2. The Morgan fingerprint density at radius 3 is 2.43 bits per heavy atom. The molecular weight excluding hydrogens is 393 g/mol. The van der Waals surface area contributed by atoms with Crippen molar-refractivity contribution in [3.8, 4) is 0 Å². The van der Waals surface area contributed by atoms with Gasteiger partial charge in [-0.1, -0.05) is 30.3 Å². The molecule has 1 amide bonds. The Hall–Kier alpha value is -2.39. The van der Waals surface area contributed by atoms with E-state index in [9.17, 15) is 26.4 Å². The summed E-state index contributed by atoms with van der Waals surface area (Å²) in [5.41, 5.74) is 0.531. The molecule has 1 saturated heterocycles. The van der Waals surface area contributed by atoms with Gasteiger partial charge in [-0.2, -0.15) is 13.2 Å². The second kappa shape index (κ2) is 7.92. The smallest absolute Gasteiger partial charge is 0.312 e. The summed E-state index contributed by atoms with van der Waals surface area (Å²) in [7, 11) is -3.84. The number of hydrogen-bond donors (Lipinski definition) is 1. The SMILES string of the molecule is O=C1CCCN1c1cccc(CNS(=O)(=O)Cc2cccc(C(F)(F)F)c2)c1. The van der Waals surface area contributed by atoms with Gasteiger partial charge >= 0.3 is 6.18 Å². The number of benzene rings is 2. The van der Waals surface area contributed by atoms with Gasteiger partial charge in [0.05, 0.1) is 11.3 Å². The van der Waals surface area contributed by atoms with Gasteiger partial charge in [0.15, 0.2) is 0 Å². The van der Waals surface area contributed by atoms with Crippen molar-refractivity contribution >= 4 is 21.6 Å². The fourth-order valence-corrected chi connectivity index (χ4v) is 4.16. The number of amides is 1. The summed E-state index contributed by atoms with van der Waals surface area (Å²) in [4.78, 5) is 13.5. The third-order valence-electron chi connectivity index (χ3n) is 4.40. The minimum absolute atomic E-state index is 0.0167. The number of anilines is 1. The monoisotopic (exact) mass is 412 g/mol. The first-order valence-corrected chi connectivity index (χ1v) is 10.3. The van der Waals surface area contributed by atoms with Crippen molar-refractivity contribution in [3.63, 3.8) is 0 Å². The number of rotatable bonds is 6. The van der Waals surface area contributed by atoms with Gasteiger partial charge < -0.3 is 4.90 Å².